The first kappa shape index (κ1) is 19.5. The van der Waals surface area contributed by atoms with E-state index in [1.807, 2.05) is 42.5 Å². The number of hydrogen-bond donors (Lipinski definition) is 0. The third kappa shape index (κ3) is 4.46. The Morgan fingerprint density at radius 2 is 1.69 bits per heavy atom. The SMILES string of the molecule is COc1ccccc1OCCCCn1c(-c2cccc(Br)c2)nc2ccccc21. The number of hydrogen-bond acceptors (Lipinski definition) is 3. The Bertz CT molecular complexity index is 1110. The van der Waals surface area contributed by atoms with Crippen LogP contribution in [0.5, 0.6) is 11.5 Å². The molecule has 148 valence electrons. The van der Waals surface area contributed by atoms with E-state index >= 15 is 0 Å². The lowest BCUT2D eigenvalue weighted by Gasteiger charge is -2.12. The van der Waals surface area contributed by atoms with Crippen molar-refractivity contribution in [3.05, 3.63) is 77.3 Å². The number of aryl methyl sites for hydroxylation is 1. The van der Waals surface area contributed by atoms with Crippen molar-refractivity contribution in [1.82, 2.24) is 9.55 Å². The number of benzene rings is 3. The lowest BCUT2D eigenvalue weighted by Crippen LogP contribution is -2.04. The largest absolute Gasteiger partial charge is 0.493 e. The van der Waals surface area contributed by atoms with Crippen molar-refractivity contribution in [3.8, 4) is 22.9 Å². The highest BCUT2D eigenvalue weighted by Crippen LogP contribution is 2.28. The number of unbranched alkanes of at least 4 members (excludes halogenated alkanes) is 1. The van der Waals surface area contributed by atoms with Gasteiger partial charge < -0.3 is 14.0 Å². The molecule has 0 atom stereocenters. The van der Waals surface area contributed by atoms with Crippen LogP contribution in [0.3, 0.4) is 0 Å². The van der Waals surface area contributed by atoms with Crippen molar-refractivity contribution in [2.24, 2.45) is 0 Å². The zero-order valence-corrected chi connectivity index (χ0v) is 17.9. The topological polar surface area (TPSA) is 36.3 Å². The number of rotatable bonds is 8. The fourth-order valence-electron chi connectivity index (χ4n) is 3.44. The Morgan fingerprint density at radius 3 is 2.52 bits per heavy atom. The number of ether oxygens (including phenoxy) is 2. The van der Waals surface area contributed by atoms with E-state index in [4.69, 9.17) is 14.5 Å². The molecule has 0 N–H and O–H groups in total. The average Bonchev–Trinajstić information content (AvgIpc) is 3.12. The maximum Gasteiger partial charge on any atom is 0.161 e. The van der Waals surface area contributed by atoms with Crippen LogP contribution in [0.1, 0.15) is 12.8 Å². The molecule has 0 spiro atoms. The van der Waals surface area contributed by atoms with Crippen LogP contribution < -0.4 is 9.47 Å². The zero-order chi connectivity index (χ0) is 20.1. The quantitative estimate of drug-likeness (QED) is 0.294. The molecule has 0 saturated carbocycles. The highest BCUT2D eigenvalue weighted by Gasteiger charge is 2.12. The highest BCUT2D eigenvalue weighted by molar-refractivity contribution is 9.10. The van der Waals surface area contributed by atoms with Crippen molar-refractivity contribution in [2.75, 3.05) is 13.7 Å². The third-order valence-electron chi connectivity index (χ3n) is 4.84. The molecule has 4 aromatic rings. The summed E-state index contributed by atoms with van der Waals surface area (Å²) in [6, 6.07) is 24.4. The molecule has 1 heterocycles. The van der Waals surface area contributed by atoms with E-state index in [9.17, 15) is 0 Å². The first-order chi connectivity index (χ1) is 14.3. The van der Waals surface area contributed by atoms with Gasteiger partial charge in [0, 0.05) is 16.6 Å². The van der Waals surface area contributed by atoms with Gasteiger partial charge in [0.25, 0.3) is 0 Å². The second-order valence-corrected chi connectivity index (χ2v) is 7.71. The minimum Gasteiger partial charge on any atom is -0.493 e. The van der Waals surface area contributed by atoms with E-state index in [1.54, 1.807) is 7.11 Å². The molecule has 4 nitrogen and oxygen atoms in total. The predicted octanol–water partition coefficient (Wildman–Crippen LogP) is 6.33. The Kier molecular flexibility index (Phi) is 6.15. The summed E-state index contributed by atoms with van der Waals surface area (Å²) in [5.41, 5.74) is 3.29. The van der Waals surface area contributed by atoms with Gasteiger partial charge in [-0.3, -0.25) is 0 Å². The number of methoxy groups -OCH3 is 1. The van der Waals surface area contributed by atoms with E-state index in [2.05, 4.69) is 50.8 Å². The fourth-order valence-corrected chi connectivity index (χ4v) is 3.84. The van der Waals surface area contributed by atoms with Crippen LogP contribution in [0, 0.1) is 0 Å². The van der Waals surface area contributed by atoms with Crippen LogP contribution in [0.2, 0.25) is 0 Å². The van der Waals surface area contributed by atoms with Gasteiger partial charge in [-0.05, 0) is 49.2 Å². The van der Waals surface area contributed by atoms with Gasteiger partial charge in [-0.15, -0.1) is 0 Å². The summed E-state index contributed by atoms with van der Waals surface area (Å²) < 4.78 is 14.6. The number of fused-ring (bicyclic) bond motifs is 1. The average molecular weight is 451 g/mol. The standard InChI is InChI=1S/C24H23BrN2O2/c1-28-22-13-4-5-14-23(22)29-16-7-6-15-27-21-12-3-2-11-20(21)26-24(27)18-9-8-10-19(25)17-18/h2-5,8-14,17H,6-7,15-16H2,1H3. The van der Waals surface area contributed by atoms with E-state index in [-0.39, 0.29) is 0 Å². The summed E-state index contributed by atoms with van der Waals surface area (Å²) in [7, 11) is 1.66. The molecule has 4 rings (SSSR count). The van der Waals surface area contributed by atoms with Gasteiger partial charge in [0.1, 0.15) is 5.82 Å². The van der Waals surface area contributed by atoms with Crippen molar-refractivity contribution in [3.63, 3.8) is 0 Å². The molecule has 1 aromatic heterocycles. The van der Waals surface area contributed by atoms with Crippen LogP contribution in [-0.2, 0) is 6.54 Å². The van der Waals surface area contributed by atoms with Crippen LogP contribution in [-0.4, -0.2) is 23.3 Å². The van der Waals surface area contributed by atoms with Crippen molar-refractivity contribution < 1.29 is 9.47 Å². The Morgan fingerprint density at radius 1 is 0.897 bits per heavy atom. The molecule has 29 heavy (non-hydrogen) atoms. The number of aromatic nitrogens is 2. The maximum atomic E-state index is 5.91. The van der Waals surface area contributed by atoms with Crippen LogP contribution in [0.4, 0.5) is 0 Å². The summed E-state index contributed by atoms with van der Waals surface area (Å²) in [5, 5.41) is 0. The molecule has 0 saturated heterocycles. The van der Waals surface area contributed by atoms with Gasteiger partial charge in [0.05, 0.1) is 24.8 Å². The van der Waals surface area contributed by atoms with Crippen LogP contribution in [0.15, 0.2) is 77.3 Å². The molecule has 0 fully saturated rings. The monoisotopic (exact) mass is 450 g/mol. The molecule has 0 aliphatic carbocycles. The molecule has 0 unspecified atom stereocenters. The van der Waals surface area contributed by atoms with E-state index in [0.29, 0.717) is 6.61 Å². The first-order valence-corrected chi connectivity index (χ1v) is 10.5. The molecule has 5 heteroatoms. The second-order valence-electron chi connectivity index (χ2n) is 6.79. The summed E-state index contributed by atoms with van der Waals surface area (Å²) in [6.07, 6.45) is 1.94. The summed E-state index contributed by atoms with van der Waals surface area (Å²) in [5.74, 6) is 2.56. The number of imidazole rings is 1. The molecule has 0 bridgehead atoms. The van der Waals surface area contributed by atoms with Gasteiger partial charge >= 0.3 is 0 Å². The minimum atomic E-state index is 0.652. The van der Waals surface area contributed by atoms with E-state index < -0.39 is 0 Å². The van der Waals surface area contributed by atoms with E-state index in [1.165, 1.54) is 0 Å². The second kappa shape index (κ2) is 9.14. The molecule has 0 amide bonds. The number of nitrogens with zero attached hydrogens (tertiary/aromatic N) is 2. The number of halogens is 1. The van der Waals surface area contributed by atoms with Crippen molar-refractivity contribution in [1.29, 1.82) is 0 Å². The van der Waals surface area contributed by atoms with Gasteiger partial charge in [-0.1, -0.05) is 52.3 Å². The van der Waals surface area contributed by atoms with Crippen molar-refractivity contribution >= 4 is 27.0 Å². The molecule has 3 aromatic carbocycles. The molecular weight excluding hydrogens is 428 g/mol. The predicted molar refractivity (Wildman–Crippen MR) is 121 cm³/mol. The molecule has 0 aliphatic rings. The maximum absolute atomic E-state index is 5.91. The fraction of sp³-hybridized carbons (Fsp3) is 0.208. The highest BCUT2D eigenvalue weighted by atomic mass is 79.9. The van der Waals surface area contributed by atoms with Gasteiger partial charge in [-0.2, -0.15) is 0 Å². The Hall–Kier alpha value is -2.79. The molecular formula is C24H23BrN2O2. The van der Waals surface area contributed by atoms with Gasteiger partial charge in [-0.25, -0.2) is 4.98 Å². The Balaban J connectivity index is 1.47. The van der Waals surface area contributed by atoms with Crippen LogP contribution in [0.25, 0.3) is 22.4 Å². The lowest BCUT2D eigenvalue weighted by atomic mass is 10.2. The summed E-state index contributed by atoms with van der Waals surface area (Å²) in [6.45, 7) is 1.54. The van der Waals surface area contributed by atoms with Gasteiger partial charge in [0.15, 0.2) is 11.5 Å². The normalized spacial score (nSPS) is 11.0. The lowest BCUT2D eigenvalue weighted by molar-refractivity contribution is 0.284. The summed E-state index contributed by atoms with van der Waals surface area (Å²) >= 11 is 3.57. The minimum absolute atomic E-state index is 0.652. The Labute approximate surface area is 179 Å². The third-order valence-corrected chi connectivity index (χ3v) is 5.33. The zero-order valence-electron chi connectivity index (χ0n) is 16.3. The van der Waals surface area contributed by atoms with E-state index in [0.717, 1.165) is 57.8 Å². The van der Waals surface area contributed by atoms with Gasteiger partial charge in [0.2, 0.25) is 0 Å². The number of para-hydroxylation sites is 4. The molecule has 0 aliphatic heterocycles. The summed E-state index contributed by atoms with van der Waals surface area (Å²) in [4.78, 5) is 4.89. The molecule has 0 radical (unpaired) electrons. The van der Waals surface area contributed by atoms with Crippen LogP contribution >= 0.6 is 15.9 Å². The van der Waals surface area contributed by atoms with Crippen molar-refractivity contribution in [2.45, 2.75) is 19.4 Å². The first-order valence-electron chi connectivity index (χ1n) is 9.73. The smallest absolute Gasteiger partial charge is 0.161 e.